The number of hydrogen-bond acceptors (Lipinski definition) is 5. The minimum Gasteiger partial charge on any atom is -0.443 e. The largest absolute Gasteiger partial charge is 0.443 e. The topological polar surface area (TPSA) is 61.5 Å². The van der Waals surface area contributed by atoms with E-state index >= 15 is 0 Å². The van der Waals surface area contributed by atoms with Crippen molar-refractivity contribution in [1.82, 2.24) is 9.27 Å². The molecule has 0 fully saturated rings. The normalized spacial score (nSPS) is 11.1. The molecule has 0 saturated heterocycles. The lowest BCUT2D eigenvalue weighted by Gasteiger charge is -2.17. The molecular formula is C22H20ClFN4OS. The van der Waals surface area contributed by atoms with Gasteiger partial charge in [0.15, 0.2) is 0 Å². The van der Waals surface area contributed by atoms with Crippen molar-refractivity contribution in [3.05, 3.63) is 58.4 Å². The van der Waals surface area contributed by atoms with Crippen LogP contribution in [0.15, 0.2) is 41.4 Å². The van der Waals surface area contributed by atoms with E-state index in [-0.39, 0.29) is 21.9 Å². The smallest absolute Gasteiger partial charge is 0.218 e. The lowest BCUT2D eigenvalue weighted by atomic mass is 10.1. The monoisotopic (exact) mass is 442 g/mol. The first kappa shape index (κ1) is 21.8. The van der Waals surface area contributed by atoms with E-state index < -0.39 is 5.82 Å². The van der Waals surface area contributed by atoms with Gasteiger partial charge in [-0.05, 0) is 44.5 Å². The second-order valence-corrected chi connectivity index (χ2v) is 8.10. The molecule has 0 aliphatic rings. The molecule has 0 N–H and O–H groups in total. The maximum Gasteiger partial charge on any atom is 0.218 e. The van der Waals surface area contributed by atoms with Crippen LogP contribution in [0.25, 0.3) is 11.3 Å². The number of benzene rings is 2. The number of ether oxygens (including phenoxy) is 1. The molecule has 0 radical (unpaired) electrons. The summed E-state index contributed by atoms with van der Waals surface area (Å²) in [5, 5.41) is 10.3. The fourth-order valence-electron chi connectivity index (χ4n) is 2.52. The van der Waals surface area contributed by atoms with Crippen molar-refractivity contribution in [3.8, 4) is 28.1 Å². The Hall–Kier alpha value is -2.95. The van der Waals surface area contributed by atoms with Crippen molar-refractivity contribution >= 4 is 35.2 Å². The summed E-state index contributed by atoms with van der Waals surface area (Å²) in [7, 11) is 1.94. The van der Waals surface area contributed by atoms with Crippen LogP contribution in [0.5, 0.6) is 10.8 Å². The van der Waals surface area contributed by atoms with Gasteiger partial charge in [-0.15, -0.1) is 0 Å². The highest BCUT2D eigenvalue weighted by Gasteiger charge is 2.20. The van der Waals surface area contributed by atoms with Gasteiger partial charge >= 0.3 is 0 Å². The summed E-state index contributed by atoms with van der Waals surface area (Å²) in [6, 6.07) is 12.0. The van der Waals surface area contributed by atoms with Crippen LogP contribution in [-0.2, 0) is 0 Å². The predicted molar refractivity (Wildman–Crippen MR) is 120 cm³/mol. The molecule has 0 amide bonds. The number of rotatable bonds is 6. The van der Waals surface area contributed by atoms with Gasteiger partial charge in [-0.2, -0.15) is 9.64 Å². The van der Waals surface area contributed by atoms with Crippen molar-refractivity contribution in [1.29, 1.82) is 5.26 Å². The van der Waals surface area contributed by atoms with Gasteiger partial charge in [0.2, 0.25) is 5.06 Å². The number of hydrogen-bond donors (Lipinski definition) is 0. The van der Waals surface area contributed by atoms with Crippen molar-refractivity contribution < 1.29 is 9.13 Å². The summed E-state index contributed by atoms with van der Waals surface area (Å²) in [4.78, 5) is 6.40. The third-order valence-corrected chi connectivity index (χ3v) is 5.57. The van der Waals surface area contributed by atoms with E-state index in [1.165, 1.54) is 6.07 Å². The van der Waals surface area contributed by atoms with Gasteiger partial charge in [0.25, 0.3) is 0 Å². The Morgan fingerprint density at radius 3 is 2.73 bits per heavy atom. The number of halogens is 2. The van der Waals surface area contributed by atoms with Crippen LogP contribution in [0, 0.1) is 24.1 Å². The van der Waals surface area contributed by atoms with Crippen LogP contribution in [-0.4, -0.2) is 28.7 Å². The molecule has 30 heavy (non-hydrogen) atoms. The molecule has 0 unspecified atom stereocenters. The van der Waals surface area contributed by atoms with E-state index in [1.54, 1.807) is 30.6 Å². The van der Waals surface area contributed by atoms with E-state index in [2.05, 4.69) is 29.3 Å². The fourth-order valence-corrected chi connectivity index (χ4v) is 3.45. The SMILES string of the molecule is Cc1cc(N=CN(C)C(C)C)c(Cl)cc1Oc1snc(-c2ccccc2F)c1C#N. The van der Waals surface area contributed by atoms with Gasteiger partial charge in [-0.1, -0.05) is 23.7 Å². The van der Waals surface area contributed by atoms with Crippen LogP contribution in [0.3, 0.4) is 0 Å². The number of aryl methyl sites for hydroxylation is 1. The quantitative estimate of drug-likeness (QED) is 0.319. The summed E-state index contributed by atoms with van der Waals surface area (Å²) < 4.78 is 24.3. The maximum atomic E-state index is 14.1. The van der Waals surface area contributed by atoms with Gasteiger partial charge in [0, 0.05) is 36.3 Å². The third kappa shape index (κ3) is 4.61. The van der Waals surface area contributed by atoms with Gasteiger partial charge in [0.1, 0.15) is 28.9 Å². The first-order valence-electron chi connectivity index (χ1n) is 9.20. The van der Waals surface area contributed by atoms with Crippen LogP contribution in [0.1, 0.15) is 25.0 Å². The van der Waals surface area contributed by atoms with Gasteiger partial charge in [-0.3, -0.25) is 0 Å². The average molecular weight is 443 g/mol. The zero-order valence-electron chi connectivity index (χ0n) is 17.0. The molecule has 1 aromatic heterocycles. The Bertz CT molecular complexity index is 1140. The zero-order valence-corrected chi connectivity index (χ0v) is 18.6. The molecule has 2 aromatic carbocycles. The van der Waals surface area contributed by atoms with Crippen molar-refractivity contribution in [2.45, 2.75) is 26.8 Å². The van der Waals surface area contributed by atoms with Gasteiger partial charge in [0.05, 0.1) is 17.0 Å². The van der Waals surface area contributed by atoms with Crippen LogP contribution in [0.2, 0.25) is 5.02 Å². The summed E-state index contributed by atoms with van der Waals surface area (Å²) in [6.07, 6.45) is 1.73. The summed E-state index contributed by atoms with van der Waals surface area (Å²) in [5.41, 5.74) is 2.11. The molecule has 1 heterocycles. The average Bonchev–Trinajstić information content (AvgIpc) is 3.11. The molecular weight excluding hydrogens is 423 g/mol. The fraction of sp³-hybridized carbons (Fsp3) is 0.227. The second-order valence-electron chi connectivity index (χ2n) is 6.96. The number of nitriles is 1. The molecule has 0 bridgehead atoms. The Morgan fingerprint density at radius 2 is 2.07 bits per heavy atom. The van der Waals surface area contributed by atoms with E-state index in [0.29, 0.717) is 22.5 Å². The molecule has 154 valence electrons. The number of aromatic nitrogens is 1. The van der Waals surface area contributed by atoms with Crippen LogP contribution in [0.4, 0.5) is 10.1 Å². The van der Waals surface area contributed by atoms with Crippen molar-refractivity contribution in [3.63, 3.8) is 0 Å². The second kappa shape index (κ2) is 9.24. The standard InChI is InChI=1S/C22H20ClFN4OS/c1-13(2)28(4)12-26-19-9-14(3)20(10-17(19)23)29-22-16(11-25)21(27-30-22)15-7-5-6-8-18(15)24/h5-10,12-13H,1-4H3. The Kier molecular flexibility index (Phi) is 6.70. The minimum absolute atomic E-state index is 0.182. The molecule has 0 saturated carbocycles. The molecule has 0 atom stereocenters. The highest BCUT2D eigenvalue weighted by atomic mass is 35.5. The van der Waals surface area contributed by atoms with Crippen molar-refractivity contribution in [2.24, 2.45) is 4.99 Å². The highest BCUT2D eigenvalue weighted by Crippen LogP contribution is 2.40. The molecule has 8 heteroatoms. The van der Waals surface area contributed by atoms with E-state index in [0.717, 1.165) is 17.1 Å². The Morgan fingerprint density at radius 1 is 1.33 bits per heavy atom. The van der Waals surface area contributed by atoms with Crippen molar-refractivity contribution in [2.75, 3.05) is 7.05 Å². The Labute approximate surface area is 184 Å². The predicted octanol–water partition coefficient (Wildman–Crippen LogP) is 6.58. The first-order chi connectivity index (χ1) is 14.3. The van der Waals surface area contributed by atoms with E-state index in [1.807, 2.05) is 24.9 Å². The molecule has 3 rings (SSSR count). The summed E-state index contributed by atoms with van der Waals surface area (Å²) >= 11 is 7.38. The van der Waals surface area contributed by atoms with Gasteiger partial charge < -0.3 is 9.64 Å². The maximum absolute atomic E-state index is 14.1. The minimum atomic E-state index is -0.446. The Balaban J connectivity index is 1.92. The zero-order chi connectivity index (χ0) is 21.8. The molecule has 0 aliphatic heterocycles. The highest BCUT2D eigenvalue weighted by molar-refractivity contribution is 7.08. The summed E-state index contributed by atoms with van der Waals surface area (Å²) in [6.45, 7) is 5.99. The summed E-state index contributed by atoms with van der Waals surface area (Å²) in [5.74, 6) is 0.0371. The molecule has 0 aliphatic carbocycles. The van der Waals surface area contributed by atoms with Gasteiger partial charge in [-0.25, -0.2) is 9.38 Å². The van der Waals surface area contributed by atoms with Crippen LogP contribution >= 0.6 is 23.1 Å². The van der Waals surface area contributed by atoms with E-state index in [9.17, 15) is 9.65 Å². The number of nitrogens with zero attached hydrogens (tertiary/aromatic N) is 4. The molecule has 3 aromatic rings. The third-order valence-electron chi connectivity index (χ3n) is 4.54. The van der Waals surface area contributed by atoms with E-state index in [4.69, 9.17) is 16.3 Å². The first-order valence-corrected chi connectivity index (χ1v) is 10.4. The van der Waals surface area contributed by atoms with Crippen LogP contribution < -0.4 is 4.74 Å². The molecule has 0 spiro atoms. The molecule has 5 nitrogen and oxygen atoms in total. The lowest BCUT2D eigenvalue weighted by molar-refractivity contribution is 0.429. The lowest BCUT2D eigenvalue weighted by Crippen LogP contribution is -2.24. The number of aliphatic imine (C=N–C) groups is 1.